The van der Waals surface area contributed by atoms with Gasteiger partial charge in [0.15, 0.2) is 5.65 Å². The van der Waals surface area contributed by atoms with Crippen molar-refractivity contribution in [2.45, 2.75) is 18.4 Å². The van der Waals surface area contributed by atoms with E-state index in [0.717, 1.165) is 54.3 Å². The van der Waals surface area contributed by atoms with Crippen LogP contribution in [0, 0.1) is 12.7 Å². The third-order valence-corrected chi connectivity index (χ3v) is 9.82. The van der Waals surface area contributed by atoms with Gasteiger partial charge in [0.05, 0.1) is 24.7 Å². The monoisotopic (exact) mass is 637 g/mol. The number of hydrogen-bond donors (Lipinski definition) is 1. The van der Waals surface area contributed by atoms with Crippen molar-refractivity contribution >= 4 is 26.9 Å². The SMILES string of the molecule is COc1nc(N2CCNCC2)ccc1-c1cnc2c(c1)c(-c1cnn(Cc3cccc(F)c3)c1)cn2S(=O)(=O)c1ccc(C)cc1. The van der Waals surface area contributed by atoms with Gasteiger partial charge >= 0.3 is 0 Å². The molecule has 1 fully saturated rings. The number of ether oxygens (including phenoxy) is 1. The largest absolute Gasteiger partial charge is 0.480 e. The quantitative estimate of drug-likeness (QED) is 0.245. The molecule has 0 radical (unpaired) electrons. The van der Waals surface area contributed by atoms with E-state index in [0.29, 0.717) is 28.9 Å². The number of halogens is 1. The first-order valence-electron chi connectivity index (χ1n) is 14.9. The Morgan fingerprint density at radius 1 is 0.935 bits per heavy atom. The van der Waals surface area contributed by atoms with Crippen molar-refractivity contribution in [2.75, 3.05) is 38.2 Å². The summed E-state index contributed by atoms with van der Waals surface area (Å²) in [4.78, 5) is 11.9. The van der Waals surface area contributed by atoms with Gasteiger partial charge < -0.3 is 15.0 Å². The Labute approximate surface area is 266 Å². The Balaban J connectivity index is 1.34. The van der Waals surface area contributed by atoms with Crippen molar-refractivity contribution in [3.05, 3.63) is 108 Å². The van der Waals surface area contributed by atoms with Gasteiger partial charge in [0.25, 0.3) is 10.0 Å². The average molecular weight is 638 g/mol. The maximum Gasteiger partial charge on any atom is 0.269 e. The zero-order chi connectivity index (χ0) is 31.8. The van der Waals surface area contributed by atoms with Crippen LogP contribution in [-0.2, 0) is 16.6 Å². The molecule has 6 aromatic rings. The molecular formula is C34H32FN7O3S. The van der Waals surface area contributed by atoms with Crippen LogP contribution in [0.1, 0.15) is 11.1 Å². The smallest absolute Gasteiger partial charge is 0.269 e. The van der Waals surface area contributed by atoms with Crippen LogP contribution in [0.4, 0.5) is 10.2 Å². The first-order chi connectivity index (χ1) is 22.3. The lowest BCUT2D eigenvalue weighted by atomic mass is 10.0. The van der Waals surface area contributed by atoms with E-state index in [1.165, 1.54) is 16.1 Å². The summed E-state index contributed by atoms with van der Waals surface area (Å²) in [5, 5.41) is 8.47. The van der Waals surface area contributed by atoms with Gasteiger partial charge in [-0.1, -0.05) is 29.8 Å². The van der Waals surface area contributed by atoms with Crippen LogP contribution in [0.3, 0.4) is 0 Å². The fourth-order valence-corrected chi connectivity index (χ4v) is 7.08. The fourth-order valence-electron chi connectivity index (χ4n) is 5.75. The molecule has 0 saturated carbocycles. The second-order valence-corrected chi connectivity index (χ2v) is 13.1. The Morgan fingerprint density at radius 2 is 1.74 bits per heavy atom. The van der Waals surface area contributed by atoms with E-state index >= 15 is 0 Å². The molecule has 10 nitrogen and oxygen atoms in total. The number of rotatable bonds is 8. The van der Waals surface area contributed by atoms with Crippen LogP contribution < -0.4 is 15.0 Å². The molecule has 5 heterocycles. The summed E-state index contributed by atoms with van der Waals surface area (Å²) < 4.78 is 50.4. The van der Waals surface area contributed by atoms with E-state index < -0.39 is 10.0 Å². The Bertz CT molecular complexity index is 2150. The summed E-state index contributed by atoms with van der Waals surface area (Å²) in [5.41, 5.74) is 4.77. The van der Waals surface area contributed by atoms with Gasteiger partial charge in [0, 0.05) is 72.4 Å². The molecular weight excluding hydrogens is 605 g/mol. The van der Waals surface area contributed by atoms with Gasteiger partial charge in [-0.15, -0.1) is 0 Å². The van der Waals surface area contributed by atoms with E-state index in [1.807, 2.05) is 37.4 Å². The van der Waals surface area contributed by atoms with Crippen LogP contribution in [0.25, 0.3) is 33.3 Å². The molecule has 1 aliphatic heterocycles. The number of methoxy groups -OCH3 is 1. The molecule has 1 saturated heterocycles. The summed E-state index contributed by atoms with van der Waals surface area (Å²) in [7, 11) is -2.40. The van der Waals surface area contributed by atoms with Gasteiger partial charge in [0.1, 0.15) is 11.6 Å². The first kappa shape index (κ1) is 29.6. The van der Waals surface area contributed by atoms with Crippen molar-refractivity contribution in [3.63, 3.8) is 0 Å². The number of nitrogens with zero attached hydrogens (tertiary/aromatic N) is 6. The van der Waals surface area contributed by atoms with E-state index in [1.54, 1.807) is 60.7 Å². The highest BCUT2D eigenvalue weighted by atomic mass is 32.2. The molecule has 0 spiro atoms. The van der Waals surface area contributed by atoms with Gasteiger partial charge in [-0.3, -0.25) is 4.68 Å². The summed E-state index contributed by atoms with van der Waals surface area (Å²) in [5.74, 6) is 0.963. The molecule has 0 unspecified atom stereocenters. The topological polar surface area (TPSA) is 107 Å². The average Bonchev–Trinajstić information content (AvgIpc) is 3.69. The Kier molecular flexibility index (Phi) is 7.75. The summed E-state index contributed by atoms with van der Waals surface area (Å²) in [6, 6.07) is 18.9. The zero-order valence-electron chi connectivity index (χ0n) is 25.4. The second-order valence-electron chi connectivity index (χ2n) is 11.3. The molecule has 0 atom stereocenters. The number of fused-ring (bicyclic) bond motifs is 1. The molecule has 1 aliphatic rings. The molecule has 4 aromatic heterocycles. The molecule has 0 bridgehead atoms. The summed E-state index contributed by atoms with van der Waals surface area (Å²) in [6.07, 6.45) is 6.72. The maximum absolute atomic E-state index is 14.0. The number of hydrogen-bond acceptors (Lipinski definition) is 8. The predicted molar refractivity (Wildman–Crippen MR) is 175 cm³/mol. The lowest BCUT2D eigenvalue weighted by Crippen LogP contribution is -2.43. The van der Waals surface area contributed by atoms with Gasteiger partial charge in [0.2, 0.25) is 5.88 Å². The van der Waals surface area contributed by atoms with Crippen molar-refractivity contribution in [3.8, 4) is 28.1 Å². The van der Waals surface area contributed by atoms with E-state index in [9.17, 15) is 12.8 Å². The number of aromatic nitrogens is 5. The molecule has 0 amide bonds. The van der Waals surface area contributed by atoms with Gasteiger partial charge in [-0.2, -0.15) is 10.1 Å². The highest BCUT2D eigenvalue weighted by Gasteiger charge is 2.25. The standard InChI is InChI=1S/C34H32FN7O3S/c1-23-6-8-28(9-7-23)46(43,44)42-22-31(26-19-38-41(21-26)20-24-4-3-5-27(35)16-24)30-17-25(18-37-33(30)42)29-10-11-32(39-34(29)45-2)40-14-12-36-13-15-40/h3-11,16-19,21-22,36H,12-15,20H2,1-2H3. The molecule has 46 heavy (non-hydrogen) atoms. The second kappa shape index (κ2) is 12.0. The number of anilines is 1. The maximum atomic E-state index is 14.0. The Hall–Kier alpha value is -5.07. The van der Waals surface area contributed by atoms with Gasteiger partial charge in [-0.25, -0.2) is 21.8 Å². The highest BCUT2D eigenvalue weighted by Crippen LogP contribution is 2.37. The molecule has 2 aromatic carbocycles. The number of piperazine rings is 1. The lowest BCUT2D eigenvalue weighted by molar-refractivity contribution is 0.399. The number of aryl methyl sites for hydroxylation is 1. The predicted octanol–water partition coefficient (Wildman–Crippen LogP) is 5.11. The zero-order valence-corrected chi connectivity index (χ0v) is 26.2. The third kappa shape index (κ3) is 5.61. The highest BCUT2D eigenvalue weighted by molar-refractivity contribution is 7.90. The van der Waals surface area contributed by atoms with Gasteiger partial charge in [-0.05, 0) is 55.0 Å². The minimum absolute atomic E-state index is 0.156. The van der Waals surface area contributed by atoms with Crippen molar-refractivity contribution in [1.29, 1.82) is 0 Å². The van der Waals surface area contributed by atoms with Crippen molar-refractivity contribution in [2.24, 2.45) is 0 Å². The number of nitrogens with one attached hydrogen (secondary N) is 1. The molecule has 12 heteroatoms. The molecule has 0 aliphatic carbocycles. The molecule has 234 valence electrons. The normalized spacial score (nSPS) is 13.8. The van der Waals surface area contributed by atoms with E-state index in [2.05, 4.69) is 15.3 Å². The lowest BCUT2D eigenvalue weighted by Gasteiger charge is -2.28. The first-order valence-corrected chi connectivity index (χ1v) is 16.4. The number of pyridine rings is 2. The third-order valence-electron chi connectivity index (χ3n) is 8.16. The fraction of sp³-hybridized carbons (Fsp3) is 0.206. The summed E-state index contributed by atoms with van der Waals surface area (Å²) in [6.45, 7) is 5.73. The van der Waals surface area contributed by atoms with Crippen molar-refractivity contribution < 1.29 is 17.5 Å². The van der Waals surface area contributed by atoms with Crippen LogP contribution in [-0.4, -0.2) is 65.4 Å². The minimum Gasteiger partial charge on any atom is -0.480 e. The van der Waals surface area contributed by atoms with Crippen LogP contribution in [0.5, 0.6) is 5.88 Å². The summed E-state index contributed by atoms with van der Waals surface area (Å²) >= 11 is 0. The molecule has 1 N–H and O–H groups in total. The Morgan fingerprint density at radius 3 is 2.50 bits per heavy atom. The van der Waals surface area contributed by atoms with Crippen molar-refractivity contribution in [1.82, 2.24) is 29.0 Å². The number of benzene rings is 2. The van der Waals surface area contributed by atoms with Crippen LogP contribution in [0.15, 0.2) is 96.4 Å². The van der Waals surface area contributed by atoms with E-state index in [4.69, 9.17) is 14.7 Å². The molecule has 7 rings (SSSR count). The van der Waals surface area contributed by atoms with Crippen LogP contribution in [0.2, 0.25) is 0 Å². The van der Waals surface area contributed by atoms with Crippen LogP contribution >= 0.6 is 0 Å². The van der Waals surface area contributed by atoms with E-state index in [-0.39, 0.29) is 16.4 Å². The minimum atomic E-state index is -3.99.